The molecule has 1 rings (SSSR count). The molecule has 0 bridgehead atoms. The van der Waals surface area contributed by atoms with E-state index in [1.807, 2.05) is 12.1 Å². The minimum Gasteiger partial charge on any atom is -0.396 e. The number of halogens is 1. The first-order chi connectivity index (χ1) is 7.72. The Morgan fingerprint density at radius 3 is 2.62 bits per heavy atom. The van der Waals surface area contributed by atoms with Crippen molar-refractivity contribution in [1.82, 2.24) is 5.32 Å². The second kappa shape index (κ2) is 7.36. The summed E-state index contributed by atoms with van der Waals surface area (Å²) in [6, 6.07) is 7.03. The summed E-state index contributed by atoms with van der Waals surface area (Å²) >= 11 is 0. The average Bonchev–Trinajstić information content (AvgIpc) is 2.29. The molecule has 0 fully saturated rings. The molecule has 0 aliphatic carbocycles. The summed E-state index contributed by atoms with van der Waals surface area (Å²) < 4.78 is 12.6. The number of hydrogen-bond acceptors (Lipinski definition) is 2. The lowest BCUT2D eigenvalue weighted by atomic mass is 10.1. The molecule has 1 aromatic carbocycles. The fourth-order valence-corrected chi connectivity index (χ4v) is 1.61. The van der Waals surface area contributed by atoms with Gasteiger partial charge in [-0.25, -0.2) is 4.39 Å². The van der Waals surface area contributed by atoms with Gasteiger partial charge in [-0.05, 0) is 50.4 Å². The summed E-state index contributed by atoms with van der Waals surface area (Å²) in [5.41, 5.74) is 1.14. The zero-order valence-corrected chi connectivity index (χ0v) is 9.75. The second-order valence-corrected chi connectivity index (χ2v) is 4.10. The highest BCUT2D eigenvalue weighted by Gasteiger charge is 2.00. The molecule has 1 atom stereocenters. The Morgan fingerprint density at radius 2 is 2.00 bits per heavy atom. The van der Waals surface area contributed by atoms with Crippen molar-refractivity contribution in [2.45, 2.75) is 32.2 Å². The maximum absolute atomic E-state index is 12.6. The van der Waals surface area contributed by atoms with Crippen LogP contribution in [0.2, 0.25) is 0 Å². The van der Waals surface area contributed by atoms with Crippen molar-refractivity contribution in [3.8, 4) is 0 Å². The number of aliphatic hydroxyl groups is 1. The van der Waals surface area contributed by atoms with Gasteiger partial charge < -0.3 is 10.4 Å². The highest BCUT2D eigenvalue weighted by atomic mass is 19.1. The monoisotopic (exact) mass is 225 g/mol. The van der Waals surface area contributed by atoms with E-state index in [2.05, 4.69) is 12.2 Å². The van der Waals surface area contributed by atoms with Crippen molar-refractivity contribution in [3.05, 3.63) is 35.6 Å². The van der Waals surface area contributed by atoms with E-state index >= 15 is 0 Å². The molecule has 0 aliphatic heterocycles. The fourth-order valence-electron chi connectivity index (χ4n) is 1.61. The van der Waals surface area contributed by atoms with Crippen molar-refractivity contribution in [1.29, 1.82) is 0 Å². The largest absolute Gasteiger partial charge is 0.396 e. The molecule has 2 nitrogen and oxygen atoms in total. The number of hydrogen-bond donors (Lipinski definition) is 2. The summed E-state index contributed by atoms with van der Waals surface area (Å²) in [7, 11) is 0. The van der Waals surface area contributed by atoms with E-state index in [0.29, 0.717) is 6.04 Å². The highest BCUT2D eigenvalue weighted by Crippen LogP contribution is 2.03. The normalized spacial score (nSPS) is 12.7. The summed E-state index contributed by atoms with van der Waals surface area (Å²) in [6.07, 6.45) is 2.73. The minimum absolute atomic E-state index is 0.187. The van der Waals surface area contributed by atoms with Crippen LogP contribution in [0.5, 0.6) is 0 Å². The third kappa shape index (κ3) is 5.24. The van der Waals surface area contributed by atoms with Crippen LogP contribution in [0.1, 0.15) is 25.3 Å². The molecule has 90 valence electrons. The summed E-state index contributed by atoms with van der Waals surface area (Å²) in [4.78, 5) is 0. The van der Waals surface area contributed by atoms with Gasteiger partial charge in [-0.1, -0.05) is 12.1 Å². The van der Waals surface area contributed by atoms with Crippen molar-refractivity contribution in [3.63, 3.8) is 0 Å². The first-order valence-corrected chi connectivity index (χ1v) is 5.81. The molecule has 0 aliphatic rings. The Kier molecular flexibility index (Phi) is 6.04. The SMILES string of the molecule is CC(CCCO)NCCc1ccc(F)cc1. The van der Waals surface area contributed by atoms with Gasteiger partial charge >= 0.3 is 0 Å². The van der Waals surface area contributed by atoms with Gasteiger partial charge in [0.05, 0.1) is 0 Å². The Morgan fingerprint density at radius 1 is 1.31 bits per heavy atom. The molecule has 0 saturated heterocycles. The molecule has 0 amide bonds. The first-order valence-electron chi connectivity index (χ1n) is 5.81. The van der Waals surface area contributed by atoms with E-state index < -0.39 is 0 Å². The third-order valence-electron chi connectivity index (χ3n) is 2.61. The van der Waals surface area contributed by atoms with Gasteiger partial charge in [-0.2, -0.15) is 0 Å². The molecule has 0 spiro atoms. The number of benzene rings is 1. The lowest BCUT2D eigenvalue weighted by Gasteiger charge is -2.12. The van der Waals surface area contributed by atoms with Gasteiger partial charge in [0.1, 0.15) is 5.82 Å². The predicted octanol–water partition coefficient (Wildman–Crippen LogP) is 2.12. The van der Waals surface area contributed by atoms with Crippen LogP contribution in [-0.4, -0.2) is 24.3 Å². The molecule has 2 N–H and O–H groups in total. The van der Waals surface area contributed by atoms with E-state index in [1.54, 1.807) is 0 Å². The molecule has 0 aromatic heterocycles. The van der Waals surface area contributed by atoms with E-state index in [4.69, 9.17) is 5.11 Å². The lowest BCUT2D eigenvalue weighted by molar-refractivity contribution is 0.276. The van der Waals surface area contributed by atoms with Gasteiger partial charge in [-0.3, -0.25) is 0 Å². The standard InChI is InChI=1S/C13H20FNO/c1-11(3-2-10-16)15-9-8-12-4-6-13(14)7-5-12/h4-7,11,15-16H,2-3,8-10H2,1H3. The van der Waals surface area contributed by atoms with Gasteiger partial charge in [0.15, 0.2) is 0 Å². The molecule has 1 aromatic rings. The van der Waals surface area contributed by atoms with E-state index in [9.17, 15) is 4.39 Å². The molecular formula is C13H20FNO. The van der Waals surface area contributed by atoms with Crippen LogP contribution in [0, 0.1) is 5.82 Å². The molecular weight excluding hydrogens is 205 g/mol. The second-order valence-electron chi connectivity index (χ2n) is 4.10. The Labute approximate surface area is 96.5 Å². The Balaban J connectivity index is 2.17. The Hall–Kier alpha value is -0.930. The minimum atomic E-state index is -0.187. The molecule has 0 radical (unpaired) electrons. The smallest absolute Gasteiger partial charge is 0.123 e. The molecule has 16 heavy (non-hydrogen) atoms. The highest BCUT2D eigenvalue weighted by molar-refractivity contribution is 5.16. The first kappa shape index (κ1) is 13.1. The molecule has 3 heteroatoms. The molecule has 0 heterocycles. The fraction of sp³-hybridized carbons (Fsp3) is 0.538. The van der Waals surface area contributed by atoms with E-state index in [-0.39, 0.29) is 12.4 Å². The van der Waals surface area contributed by atoms with Gasteiger partial charge in [0.25, 0.3) is 0 Å². The third-order valence-corrected chi connectivity index (χ3v) is 2.61. The van der Waals surface area contributed by atoms with Crippen LogP contribution >= 0.6 is 0 Å². The quantitative estimate of drug-likeness (QED) is 0.745. The summed E-state index contributed by atoms with van der Waals surface area (Å²) in [5, 5.41) is 12.1. The summed E-state index contributed by atoms with van der Waals surface area (Å²) in [6.45, 7) is 3.25. The van der Waals surface area contributed by atoms with E-state index in [1.165, 1.54) is 12.1 Å². The van der Waals surface area contributed by atoms with Crippen LogP contribution in [-0.2, 0) is 6.42 Å². The predicted molar refractivity (Wildman–Crippen MR) is 63.9 cm³/mol. The van der Waals surface area contributed by atoms with Crippen LogP contribution in [0.4, 0.5) is 4.39 Å². The van der Waals surface area contributed by atoms with Crippen molar-refractivity contribution in [2.24, 2.45) is 0 Å². The number of rotatable bonds is 7. The van der Waals surface area contributed by atoms with Crippen LogP contribution < -0.4 is 5.32 Å². The molecule has 0 saturated carbocycles. The number of nitrogens with one attached hydrogen (secondary N) is 1. The number of aliphatic hydroxyl groups excluding tert-OH is 1. The van der Waals surface area contributed by atoms with Crippen molar-refractivity contribution >= 4 is 0 Å². The zero-order valence-electron chi connectivity index (χ0n) is 9.75. The van der Waals surface area contributed by atoms with Gasteiger partial charge in [0.2, 0.25) is 0 Å². The van der Waals surface area contributed by atoms with Gasteiger partial charge in [-0.15, -0.1) is 0 Å². The van der Waals surface area contributed by atoms with E-state index in [0.717, 1.165) is 31.4 Å². The maximum Gasteiger partial charge on any atom is 0.123 e. The van der Waals surface area contributed by atoms with Crippen LogP contribution in [0.3, 0.4) is 0 Å². The topological polar surface area (TPSA) is 32.3 Å². The van der Waals surface area contributed by atoms with Crippen molar-refractivity contribution in [2.75, 3.05) is 13.2 Å². The Bertz CT molecular complexity index is 286. The molecule has 1 unspecified atom stereocenters. The van der Waals surface area contributed by atoms with Crippen LogP contribution in [0.25, 0.3) is 0 Å². The lowest BCUT2D eigenvalue weighted by Crippen LogP contribution is -2.28. The van der Waals surface area contributed by atoms with Crippen LogP contribution in [0.15, 0.2) is 24.3 Å². The zero-order chi connectivity index (χ0) is 11.8. The van der Waals surface area contributed by atoms with Crippen molar-refractivity contribution < 1.29 is 9.50 Å². The average molecular weight is 225 g/mol. The van der Waals surface area contributed by atoms with Gasteiger partial charge in [0, 0.05) is 12.6 Å². The summed E-state index contributed by atoms with van der Waals surface area (Å²) in [5.74, 6) is -0.187. The maximum atomic E-state index is 12.6.